The van der Waals surface area contributed by atoms with E-state index in [1.807, 2.05) is 36.4 Å². The lowest BCUT2D eigenvalue weighted by Crippen LogP contribution is -2.30. The summed E-state index contributed by atoms with van der Waals surface area (Å²) in [5.41, 5.74) is 4.34. The number of nitro groups is 1. The van der Waals surface area contributed by atoms with E-state index in [4.69, 9.17) is 9.47 Å². The lowest BCUT2D eigenvalue weighted by molar-refractivity contribution is -0.385. The number of aliphatic hydroxyl groups is 2. The minimum Gasteiger partial charge on any atom is -0.490 e. The number of ether oxygens (including phenoxy) is 2. The van der Waals surface area contributed by atoms with Crippen LogP contribution in [-0.2, 0) is 4.74 Å². The smallest absolute Gasteiger partial charge is 0.407 e. The van der Waals surface area contributed by atoms with E-state index >= 15 is 0 Å². The van der Waals surface area contributed by atoms with Crippen LogP contribution >= 0.6 is 0 Å². The van der Waals surface area contributed by atoms with Crippen LogP contribution in [0.25, 0.3) is 11.1 Å². The van der Waals surface area contributed by atoms with E-state index < -0.39 is 23.2 Å². The molecule has 3 aromatic carbocycles. The predicted molar refractivity (Wildman–Crippen MR) is 128 cm³/mol. The number of fused-ring (bicyclic) bond motifs is 3. The first-order valence-electron chi connectivity index (χ1n) is 11.2. The summed E-state index contributed by atoms with van der Waals surface area (Å²) in [7, 11) is 1.31. The number of nitro benzene ring substituents is 1. The number of nitrogens with one attached hydrogen (secondary N) is 1. The number of hydrogen-bond donors (Lipinski definition) is 3. The van der Waals surface area contributed by atoms with Crippen LogP contribution < -0.4 is 10.1 Å². The Kier molecular flexibility index (Phi) is 7.28. The number of alkyl carbamates (subject to hydrolysis) is 1. The Morgan fingerprint density at radius 2 is 1.69 bits per heavy atom. The molecule has 4 rings (SSSR count). The number of methoxy groups -OCH3 is 1. The summed E-state index contributed by atoms with van der Waals surface area (Å²) in [6, 6.07) is 20.0. The summed E-state index contributed by atoms with van der Waals surface area (Å²) in [6.45, 7) is 0.216. The molecule has 0 fully saturated rings. The maximum atomic E-state index is 12.3. The van der Waals surface area contributed by atoms with Gasteiger partial charge in [0.2, 0.25) is 0 Å². The fourth-order valence-electron chi connectivity index (χ4n) is 4.39. The fraction of sp³-hybridized carbons (Fsp3) is 0.269. The Morgan fingerprint density at radius 1 is 1.06 bits per heavy atom. The molecule has 0 aliphatic heterocycles. The Balaban J connectivity index is 1.29. The lowest BCUT2D eigenvalue weighted by Gasteiger charge is -2.19. The van der Waals surface area contributed by atoms with E-state index in [1.54, 1.807) is 0 Å². The highest BCUT2D eigenvalue weighted by Gasteiger charge is 2.29. The summed E-state index contributed by atoms with van der Waals surface area (Å²) < 4.78 is 10.4. The first-order valence-corrected chi connectivity index (χ1v) is 11.2. The van der Waals surface area contributed by atoms with Crippen molar-refractivity contribution in [2.45, 2.75) is 24.5 Å². The average Bonchev–Trinajstić information content (AvgIpc) is 3.20. The fourth-order valence-corrected chi connectivity index (χ4v) is 4.39. The van der Waals surface area contributed by atoms with Crippen molar-refractivity contribution in [3.8, 4) is 16.9 Å². The van der Waals surface area contributed by atoms with Gasteiger partial charge in [0.25, 0.3) is 0 Å². The third kappa shape index (κ3) is 5.11. The summed E-state index contributed by atoms with van der Waals surface area (Å²) in [5, 5.41) is 34.5. The Hall–Kier alpha value is -3.95. The zero-order valence-electron chi connectivity index (χ0n) is 19.1. The van der Waals surface area contributed by atoms with Crippen molar-refractivity contribution in [3.05, 3.63) is 93.5 Å². The van der Waals surface area contributed by atoms with Gasteiger partial charge in [-0.2, -0.15) is 0 Å². The van der Waals surface area contributed by atoms with Gasteiger partial charge in [-0.05, 0) is 40.3 Å². The first-order chi connectivity index (χ1) is 16.9. The molecule has 9 nitrogen and oxygen atoms in total. The van der Waals surface area contributed by atoms with Crippen LogP contribution in [0, 0.1) is 10.1 Å². The number of aliphatic hydroxyl groups excluding tert-OH is 2. The number of carbonyl (C=O) groups is 1. The van der Waals surface area contributed by atoms with Crippen molar-refractivity contribution < 1.29 is 29.4 Å². The van der Waals surface area contributed by atoms with Gasteiger partial charge in [0.05, 0.1) is 18.1 Å². The average molecular weight is 479 g/mol. The minimum absolute atomic E-state index is 0.0190. The van der Waals surface area contributed by atoms with Crippen molar-refractivity contribution in [1.82, 2.24) is 5.32 Å². The summed E-state index contributed by atoms with van der Waals surface area (Å²) in [5.74, 6) is -0.0104. The highest BCUT2D eigenvalue weighted by atomic mass is 16.6. The molecule has 2 unspecified atom stereocenters. The van der Waals surface area contributed by atoms with Crippen molar-refractivity contribution in [2.24, 2.45) is 0 Å². The van der Waals surface area contributed by atoms with Crippen LogP contribution in [0.4, 0.5) is 10.5 Å². The molecule has 35 heavy (non-hydrogen) atoms. The molecule has 182 valence electrons. The molecule has 3 N–H and O–H groups in total. The van der Waals surface area contributed by atoms with E-state index in [2.05, 4.69) is 17.4 Å². The number of amides is 1. The summed E-state index contributed by atoms with van der Waals surface area (Å²) in [4.78, 5) is 22.8. The van der Waals surface area contributed by atoms with Gasteiger partial charge in [0, 0.05) is 18.5 Å². The van der Waals surface area contributed by atoms with Crippen LogP contribution in [0.5, 0.6) is 5.75 Å². The van der Waals surface area contributed by atoms with Crippen LogP contribution in [-0.4, -0.2) is 47.6 Å². The number of rotatable bonds is 9. The Morgan fingerprint density at radius 3 is 2.29 bits per heavy atom. The predicted octanol–water partition coefficient (Wildman–Crippen LogP) is 3.93. The molecule has 0 aromatic heterocycles. The van der Waals surface area contributed by atoms with Gasteiger partial charge in [-0.25, -0.2) is 4.79 Å². The second kappa shape index (κ2) is 10.5. The maximum absolute atomic E-state index is 12.3. The summed E-state index contributed by atoms with van der Waals surface area (Å²) in [6.07, 6.45) is -3.24. The van der Waals surface area contributed by atoms with Gasteiger partial charge in [-0.3, -0.25) is 10.1 Å². The highest BCUT2D eigenvalue weighted by Crippen LogP contribution is 2.44. The van der Waals surface area contributed by atoms with Gasteiger partial charge in [0.1, 0.15) is 12.7 Å². The third-order valence-corrected chi connectivity index (χ3v) is 6.16. The quantitative estimate of drug-likeness (QED) is 0.314. The van der Waals surface area contributed by atoms with E-state index in [9.17, 15) is 25.1 Å². The standard InChI is InChI=1S/C26H26N2O7/c1-34-24-11-10-16(14-22(24)28(32)33)25(30)23(29)12-13-27-26(31)35-15-21-19-8-4-2-6-17(19)18-7-3-5-9-20(18)21/h2-11,14,21,23,25,29-30H,12-13,15H2,1H3,(H,27,31). The molecule has 0 saturated heterocycles. The molecule has 9 heteroatoms. The van der Waals surface area contributed by atoms with E-state index in [0.29, 0.717) is 0 Å². The van der Waals surface area contributed by atoms with Crippen molar-refractivity contribution in [1.29, 1.82) is 0 Å². The van der Waals surface area contributed by atoms with E-state index in [0.717, 1.165) is 28.3 Å². The molecule has 0 heterocycles. The van der Waals surface area contributed by atoms with Crippen molar-refractivity contribution in [3.63, 3.8) is 0 Å². The van der Waals surface area contributed by atoms with Crippen molar-refractivity contribution >= 4 is 11.8 Å². The van der Waals surface area contributed by atoms with Crippen LogP contribution in [0.15, 0.2) is 66.7 Å². The van der Waals surface area contributed by atoms with Crippen molar-refractivity contribution in [2.75, 3.05) is 20.3 Å². The second-order valence-electron chi connectivity index (χ2n) is 8.24. The molecular formula is C26H26N2O7. The zero-order valence-corrected chi connectivity index (χ0v) is 19.1. The van der Waals surface area contributed by atoms with E-state index in [1.165, 1.54) is 19.2 Å². The summed E-state index contributed by atoms with van der Waals surface area (Å²) >= 11 is 0. The molecule has 1 aliphatic carbocycles. The molecule has 1 amide bonds. The topological polar surface area (TPSA) is 131 Å². The Labute approximate surface area is 202 Å². The SMILES string of the molecule is COc1ccc(C(O)C(O)CCNC(=O)OCC2c3ccccc3-c3ccccc32)cc1[N+](=O)[O-]. The zero-order chi connectivity index (χ0) is 24.9. The lowest BCUT2D eigenvalue weighted by atomic mass is 9.98. The number of benzene rings is 3. The normalized spacial score (nSPS) is 13.9. The number of carbonyl (C=O) groups excluding carboxylic acids is 1. The number of hydrogen-bond acceptors (Lipinski definition) is 7. The molecule has 0 spiro atoms. The highest BCUT2D eigenvalue weighted by molar-refractivity contribution is 5.79. The van der Waals surface area contributed by atoms with Gasteiger partial charge in [0.15, 0.2) is 5.75 Å². The molecule has 0 radical (unpaired) electrons. The van der Waals surface area contributed by atoms with Gasteiger partial charge in [-0.15, -0.1) is 0 Å². The van der Waals surface area contributed by atoms with Crippen LogP contribution in [0.1, 0.15) is 35.1 Å². The third-order valence-electron chi connectivity index (χ3n) is 6.16. The van der Waals surface area contributed by atoms with Gasteiger partial charge < -0.3 is 25.0 Å². The molecule has 1 aliphatic rings. The molecule has 3 aromatic rings. The maximum Gasteiger partial charge on any atom is 0.407 e. The van der Waals surface area contributed by atoms with Crippen LogP contribution in [0.3, 0.4) is 0 Å². The monoisotopic (exact) mass is 478 g/mol. The van der Waals surface area contributed by atoms with Gasteiger partial charge >= 0.3 is 11.8 Å². The van der Waals surface area contributed by atoms with E-state index in [-0.39, 0.29) is 42.5 Å². The number of nitrogens with zero attached hydrogens (tertiary/aromatic N) is 1. The molecular weight excluding hydrogens is 452 g/mol. The minimum atomic E-state index is -1.37. The molecule has 2 atom stereocenters. The Bertz CT molecular complexity index is 1180. The first kappa shape index (κ1) is 24.2. The molecule has 0 bridgehead atoms. The second-order valence-corrected chi connectivity index (χ2v) is 8.24. The molecule has 0 saturated carbocycles. The van der Waals surface area contributed by atoms with Gasteiger partial charge in [-0.1, -0.05) is 54.6 Å². The largest absolute Gasteiger partial charge is 0.490 e. The van der Waals surface area contributed by atoms with Crippen LogP contribution in [0.2, 0.25) is 0 Å².